The lowest BCUT2D eigenvalue weighted by molar-refractivity contribution is 0.489. The predicted octanol–water partition coefficient (Wildman–Crippen LogP) is 3.28. The Kier molecular flexibility index (Phi) is 5.02. The largest absolute Gasteiger partial charge is 0.327 e. The average Bonchev–Trinajstić information content (AvgIpc) is 2.81. The molecule has 6 heteroatoms. The highest BCUT2D eigenvalue weighted by Crippen LogP contribution is 2.22. The van der Waals surface area contributed by atoms with Crippen LogP contribution >= 0.6 is 23.2 Å². The Morgan fingerprint density at radius 2 is 2.00 bits per heavy atom. The summed E-state index contributed by atoms with van der Waals surface area (Å²) in [5.74, 6) is 0.901. The number of benzene rings is 1. The lowest BCUT2D eigenvalue weighted by atomic mass is 10.0. The summed E-state index contributed by atoms with van der Waals surface area (Å²) in [5.41, 5.74) is 7.20. The van der Waals surface area contributed by atoms with Crippen molar-refractivity contribution in [1.82, 2.24) is 14.8 Å². The van der Waals surface area contributed by atoms with Crippen molar-refractivity contribution >= 4 is 23.2 Å². The number of rotatable bonds is 5. The molecule has 0 fully saturated rings. The van der Waals surface area contributed by atoms with Crippen LogP contribution in [0, 0.1) is 0 Å². The standard InChI is InChI=1S/C14H18Cl2N4/c1-9(2)20-14(18-8-19-20)7-12(17)5-10-3-4-11(15)6-13(10)16/h3-4,6,8-9,12H,5,7,17H2,1-2H3. The maximum absolute atomic E-state index is 6.20. The first-order chi connectivity index (χ1) is 9.47. The second-order valence-corrected chi connectivity index (χ2v) is 5.96. The Bertz CT molecular complexity index is 580. The molecule has 2 aromatic rings. The molecule has 0 saturated heterocycles. The van der Waals surface area contributed by atoms with E-state index in [1.807, 2.05) is 16.8 Å². The topological polar surface area (TPSA) is 56.7 Å². The van der Waals surface area contributed by atoms with E-state index in [0.717, 1.165) is 11.4 Å². The van der Waals surface area contributed by atoms with E-state index in [9.17, 15) is 0 Å². The fourth-order valence-corrected chi connectivity index (χ4v) is 2.61. The highest BCUT2D eigenvalue weighted by molar-refractivity contribution is 6.35. The van der Waals surface area contributed by atoms with Gasteiger partial charge < -0.3 is 5.73 Å². The van der Waals surface area contributed by atoms with Crippen LogP contribution in [-0.2, 0) is 12.8 Å². The van der Waals surface area contributed by atoms with E-state index >= 15 is 0 Å². The zero-order valence-electron chi connectivity index (χ0n) is 11.6. The Hall–Kier alpha value is -1.10. The van der Waals surface area contributed by atoms with Crippen LogP contribution < -0.4 is 5.73 Å². The van der Waals surface area contributed by atoms with E-state index in [1.54, 1.807) is 12.4 Å². The van der Waals surface area contributed by atoms with E-state index in [4.69, 9.17) is 28.9 Å². The van der Waals surface area contributed by atoms with Gasteiger partial charge in [0, 0.05) is 28.5 Å². The number of hydrogen-bond donors (Lipinski definition) is 1. The summed E-state index contributed by atoms with van der Waals surface area (Å²) in [7, 11) is 0. The average molecular weight is 313 g/mol. The minimum absolute atomic E-state index is 0.0598. The third kappa shape index (κ3) is 3.72. The van der Waals surface area contributed by atoms with Gasteiger partial charge in [0.15, 0.2) is 0 Å². The zero-order chi connectivity index (χ0) is 14.7. The molecule has 0 spiro atoms. The Morgan fingerprint density at radius 1 is 1.25 bits per heavy atom. The fourth-order valence-electron chi connectivity index (χ4n) is 2.13. The van der Waals surface area contributed by atoms with Crippen molar-refractivity contribution in [3.8, 4) is 0 Å². The molecule has 1 unspecified atom stereocenters. The van der Waals surface area contributed by atoms with E-state index in [1.165, 1.54) is 0 Å². The molecule has 0 saturated carbocycles. The second kappa shape index (κ2) is 6.57. The normalized spacial score (nSPS) is 12.9. The van der Waals surface area contributed by atoms with E-state index in [2.05, 4.69) is 23.9 Å². The van der Waals surface area contributed by atoms with Crippen molar-refractivity contribution in [3.63, 3.8) is 0 Å². The van der Waals surface area contributed by atoms with Crippen LogP contribution in [0.15, 0.2) is 24.5 Å². The molecule has 1 atom stereocenters. The lowest BCUT2D eigenvalue weighted by Crippen LogP contribution is -2.27. The van der Waals surface area contributed by atoms with E-state index in [0.29, 0.717) is 22.9 Å². The van der Waals surface area contributed by atoms with Crippen LogP contribution in [0.25, 0.3) is 0 Å². The minimum atomic E-state index is -0.0598. The molecule has 4 nitrogen and oxygen atoms in total. The molecule has 0 aliphatic heterocycles. The van der Waals surface area contributed by atoms with Gasteiger partial charge in [0.25, 0.3) is 0 Å². The van der Waals surface area contributed by atoms with Gasteiger partial charge in [-0.3, -0.25) is 0 Å². The van der Waals surface area contributed by atoms with Gasteiger partial charge in [-0.05, 0) is 38.0 Å². The van der Waals surface area contributed by atoms with Gasteiger partial charge in [-0.1, -0.05) is 29.3 Å². The van der Waals surface area contributed by atoms with Crippen LogP contribution in [-0.4, -0.2) is 20.8 Å². The van der Waals surface area contributed by atoms with Crippen molar-refractivity contribution < 1.29 is 0 Å². The lowest BCUT2D eigenvalue weighted by Gasteiger charge is -2.15. The van der Waals surface area contributed by atoms with Gasteiger partial charge in [0.05, 0.1) is 0 Å². The number of hydrogen-bond acceptors (Lipinski definition) is 3. The van der Waals surface area contributed by atoms with Crippen LogP contribution in [0.4, 0.5) is 0 Å². The number of halogens is 2. The third-order valence-corrected chi connectivity index (χ3v) is 3.67. The SMILES string of the molecule is CC(C)n1ncnc1CC(N)Cc1ccc(Cl)cc1Cl. The molecule has 1 heterocycles. The summed E-state index contributed by atoms with van der Waals surface area (Å²) in [6, 6.07) is 5.69. The van der Waals surface area contributed by atoms with Crippen molar-refractivity contribution in [2.45, 2.75) is 38.8 Å². The highest BCUT2D eigenvalue weighted by atomic mass is 35.5. The summed E-state index contributed by atoms with van der Waals surface area (Å²) in [5, 5.41) is 5.49. The van der Waals surface area contributed by atoms with Gasteiger partial charge in [-0.2, -0.15) is 5.10 Å². The first-order valence-electron chi connectivity index (χ1n) is 6.55. The molecule has 1 aromatic carbocycles. The van der Waals surface area contributed by atoms with Crippen molar-refractivity contribution in [2.75, 3.05) is 0 Å². The molecule has 20 heavy (non-hydrogen) atoms. The first-order valence-corrected chi connectivity index (χ1v) is 7.31. The maximum atomic E-state index is 6.20. The highest BCUT2D eigenvalue weighted by Gasteiger charge is 2.14. The monoisotopic (exact) mass is 312 g/mol. The van der Waals surface area contributed by atoms with Crippen molar-refractivity contribution in [1.29, 1.82) is 0 Å². The van der Waals surface area contributed by atoms with Gasteiger partial charge in [-0.25, -0.2) is 9.67 Å². The van der Waals surface area contributed by atoms with Gasteiger partial charge in [-0.15, -0.1) is 0 Å². The minimum Gasteiger partial charge on any atom is -0.327 e. The Balaban J connectivity index is 2.05. The van der Waals surface area contributed by atoms with Crippen molar-refractivity contribution in [3.05, 3.63) is 46.0 Å². The molecule has 2 rings (SSSR count). The molecule has 2 N–H and O–H groups in total. The second-order valence-electron chi connectivity index (χ2n) is 5.12. The maximum Gasteiger partial charge on any atom is 0.138 e. The summed E-state index contributed by atoms with van der Waals surface area (Å²) in [6.45, 7) is 4.14. The molecule has 0 aliphatic carbocycles. The summed E-state index contributed by atoms with van der Waals surface area (Å²) in [6.07, 6.45) is 2.91. The van der Waals surface area contributed by atoms with Crippen LogP contribution in [0.2, 0.25) is 10.0 Å². The quantitative estimate of drug-likeness (QED) is 0.921. The smallest absolute Gasteiger partial charge is 0.138 e. The van der Waals surface area contributed by atoms with Crippen LogP contribution in [0.1, 0.15) is 31.3 Å². The molecular weight excluding hydrogens is 295 g/mol. The molecule has 0 bridgehead atoms. The summed E-state index contributed by atoms with van der Waals surface area (Å²) >= 11 is 12.1. The van der Waals surface area contributed by atoms with Crippen LogP contribution in [0.5, 0.6) is 0 Å². The van der Waals surface area contributed by atoms with Gasteiger partial charge >= 0.3 is 0 Å². The van der Waals surface area contributed by atoms with E-state index < -0.39 is 0 Å². The number of nitrogens with zero attached hydrogens (tertiary/aromatic N) is 3. The summed E-state index contributed by atoms with van der Waals surface area (Å²) < 4.78 is 1.89. The predicted molar refractivity (Wildman–Crippen MR) is 82.3 cm³/mol. The molecule has 0 aliphatic rings. The van der Waals surface area contributed by atoms with Crippen molar-refractivity contribution in [2.24, 2.45) is 5.73 Å². The molecular formula is C14H18Cl2N4. The molecule has 108 valence electrons. The Labute approximate surface area is 128 Å². The van der Waals surface area contributed by atoms with E-state index in [-0.39, 0.29) is 12.1 Å². The first kappa shape index (κ1) is 15.3. The molecule has 1 aromatic heterocycles. The zero-order valence-corrected chi connectivity index (χ0v) is 13.1. The Morgan fingerprint density at radius 3 is 2.65 bits per heavy atom. The van der Waals surface area contributed by atoms with Gasteiger partial charge in [0.1, 0.15) is 12.2 Å². The summed E-state index contributed by atoms with van der Waals surface area (Å²) in [4.78, 5) is 4.27. The third-order valence-electron chi connectivity index (χ3n) is 3.08. The van der Waals surface area contributed by atoms with Crippen LogP contribution in [0.3, 0.4) is 0 Å². The number of aromatic nitrogens is 3. The fraction of sp³-hybridized carbons (Fsp3) is 0.429. The number of nitrogens with two attached hydrogens (primary N) is 1. The molecule has 0 radical (unpaired) electrons. The van der Waals surface area contributed by atoms with Gasteiger partial charge in [0.2, 0.25) is 0 Å². The molecule has 0 amide bonds.